The van der Waals surface area contributed by atoms with Crippen LogP contribution in [-0.4, -0.2) is 59.9 Å². The molecule has 128 valence electrons. The van der Waals surface area contributed by atoms with Crippen LogP contribution in [0.3, 0.4) is 0 Å². The van der Waals surface area contributed by atoms with E-state index in [1.807, 2.05) is 12.1 Å². The number of rotatable bonds is 5. The molecule has 2 rings (SSSR count). The van der Waals surface area contributed by atoms with Crippen LogP contribution in [0.1, 0.15) is 23.7 Å². The Morgan fingerprint density at radius 3 is 2.42 bits per heavy atom. The van der Waals surface area contributed by atoms with E-state index < -0.39 is 0 Å². The van der Waals surface area contributed by atoms with Crippen molar-refractivity contribution in [2.24, 2.45) is 5.10 Å². The van der Waals surface area contributed by atoms with E-state index in [0.717, 1.165) is 9.98 Å². The van der Waals surface area contributed by atoms with E-state index in [2.05, 4.69) is 33.1 Å². The number of amides is 3. The topological polar surface area (TPSA) is 82.1 Å². The molecule has 0 atom stereocenters. The third-order valence-electron chi connectivity index (χ3n) is 3.68. The second-order valence-electron chi connectivity index (χ2n) is 5.49. The number of nitrogens with one attached hydrogen (secondary N) is 1. The Bertz CT molecular complexity index is 637. The van der Waals surface area contributed by atoms with Gasteiger partial charge in [-0.15, -0.1) is 0 Å². The van der Waals surface area contributed by atoms with Gasteiger partial charge in [0.05, 0.1) is 6.42 Å². The van der Waals surface area contributed by atoms with E-state index in [0.29, 0.717) is 37.5 Å². The zero-order valence-electron chi connectivity index (χ0n) is 13.4. The molecule has 1 heterocycles. The molecule has 1 fully saturated rings. The van der Waals surface area contributed by atoms with Gasteiger partial charge in [0.15, 0.2) is 0 Å². The Kier molecular flexibility index (Phi) is 6.71. The third kappa shape index (κ3) is 5.29. The number of hydrogen-bond donors (Lipinski definition) is 1. The molecule has 0 aromatic heterocycles. The first-order valence-electron chi connectivity index (χ1n) is 7.56. The maximum absolute atomic E-state index is 12.2. The van der Waals surface area contributed by atoms with Crippen molar-refractivity contribution in [2.75, 3.05) is 26.2 Å². The Hall–Kier alpha value is -1.97. The van der Waals surface area contributed by atoms with E-state index in [9.17, 15) is 14.4 Å². The van der Waals surface area contributed by atoms with Crippen LogP contribution >= 0.6 is 22.6 Å². The van der Waals surface area contributed by atoms with Gasteiger partial charge in [0.1, 0.15) is 0 Å². The Balaban J connectivity index is 1.83. The van der Waals surface area contributed by atoms with Gasteiger partial charge in [-0.25, -0.2) is 5.43 Å². The molecule has 8 heteroatoms. The van der Waals surface area contributed by atoms with Crippen molar-refractivity contribution in [2.45, 2.75) is 13.3 Å². The van der Waals surface area contributed by atoms with Crippen LogP contribution < -0.4 is 5.43 Å². The van der Waals surface area contributed by atoms with E-state index in [-0.39, 0.29) is 18.2 Å². The molecule has 1 saturated heterocycles. The fourth-order valence-electron chi connectivity index (χ4n) is 2.26. The average molecular weight is 442 g/mol. The molecule has 0 spiro atoms. The standard InChI is InChI=1S/C16H19IN4O3/c1-12(10-15(23)21-8-6-20(11-22)7-9-21)18-19-16(24)13-2-4-14(17)5-3-13/h2-5,11H,6-10H2,1H3,(H,19,24). The van der Waals surface area contributed by atoms with Crippen LogP contribution in [0.2, 0.25) is 0 Å². The van der Waals surface area contributed by atoms with Crippen LogP contribution in [0.5, 0.6) is 0 Å². The number of benzene rings is 1. The molecule has 1 N–H and O–H groups in total. The van der Waals surface area contributed by atoms with Crippen molar-refractivity contribution < 1.29 is 14.4 Å². The van der Waals surface area contributed by atoms with Crippen molar-refractivity contribution in [1.29, 1.82) is 0 Å². The molecule has 1 aromatic rings. The number of carbonyl (C=O) groups excluding carboxylic acids is 3. The lowest BCUT2D eigenvalue weighted by Gasteiger charge is -2.32. The molecule has 7 nitrogen and oxygen atoms in total. The molecule has 1 aliphatic rings. The van der Waals surface area contributed by atoms with E-state index in [4.69, 9.17) is 0 Å². The van der Waals surface area contributed by atoms with Gasteiger partial charge in [-0.1, -0.05) is 0 Å². The summed E-state index contributed by atoms with van der Waals surface area (Å²) >= 11 is 2.17. The largest absolute Gasteiger partial charge is 0.342 e. The molecular weight excluding hydrogens is 423 g/mol. The Morgan fingerprint density at radius 2 is 1.83 bits per heavy atom. The lowest BCUT2D eigenvalue weighted by atomic mass is 10.2. The van der Waals surface area contributed by atoms with Crippen LogP contribution in [-0.2, 0) is 9.59 Å². The lowest BCUT2D eigenvalue weighted by molar-refractivity contribution is -0.134. The minimum absolute atomic E-state index is 0.0506. The monoisotopic (exact) mass is 442 g/mol. The third-order valence-corrected chi connectivity index (χ3v) is 4.40. The van der Waals surface area contributed by atoms with Gasteiger partial charge in [-0.2, -0.15) is 5.10 Å². The smallest absolute Gasteiger partial charge is 0.271 e. The molecule has 3 amide bonds. The molecule has 1 aliphatic heterocycles. The van der Waals surface area contributed by atoms with E-state index in [1.54, 1.807) is 28.9 Å². The maximum atomic E-state index is 12.2. The summed E-state index contributed by atoms with van der Waals surface area (Å²) in [5.41, 5.74) is 3.52. The van der Waals surface area contributed by atoms with Crippen LogP contribution in [0.25, 0.3) is 0 Å². The second-order valence-corrected chi connectivity index (χ2v) is 6.74. The number of hydrazone groups is 1. The normalized spacial score (nSPS) is 15.2. The van der Waals surface area contributed by atoms with Gasteiger partial charge in [-0.3, -0.25) is 14.4 Å². The van der Waals surface area contributed by atoms with E-state index in [1.165, 1.54) is 0 Å². The van der Waals surface area contributed by atoms with Gasteiger partial charge < -0.3 is 9.80 Å². The van der Waals surface area contributed by atoms with Gasteiger partial charge in [-0.05, 0) is 53.8 Å². The zero-order chi connectivity index (χ0) is 17.5. The molecule has 0 radical (unpaired) electrons. The van der Waals surface area contributed by atoms with Crippen molar-refractivity contribution in [3.63, 3.8) is 0 Å². The first-order valence-corrected chi connectivity index (χ1v) is 8.63. The summed E-state index contributed by atoms with van der Waals surface area (Å²) < 4.78 is 1.05. The highest BCUT2D eigenvalue weighted by Gasteiger charge is 2.20. The van der Waals surface area contributed by atoms with Crippen LogP contribution in [0.15, 0.2) is 29.4 Å². The van der Waals surface area contributed by atoms with Gasteiger partial charge in [0, 0.05) is 41.0 Å². The maximum Gasteiger partial charge on any atom is 0.271 e. The molecule has 0 aliphatic carbocycles. The van der Waals surface area contributed by atoms with Crippen LogP contribution in [0.4, 0.5) is 0 Å². The van der Waals surface area contributed by atoms with Crippen molar-refractivity contribution in [1.82, 2.24) is 15.2 Å². The zero-order valence-corrected chi connectivity index (χ0v) is 15.5. The number of hydrogen-bond acceptors (Lipinski definition) is 4. The highest BCUT2D eigenvalue weighted by molar-refractivity contribution is 14.1. The van der Waals surface area contributed by atoms with E-state index >= 15 is 0 Å². The fraction of sp³-hybridized carbons (Fsp3) is 0.375. The Morgan fingerprint density at radius 1 is 1.21 bits per heavy atom. The van der Waals surface area contributed by atoms with Crippen molar-refractivity contribution in [3.8, 4) is 0 Å². The molecule has 1 aromatic carbocycles. The fourth-order valence-corrected chi connectivity index (χ4v) is 2.62. The predicted octanol–water partition coefficient (Wildman–Crippen LogP) is 1.09. The molecule has 0 unspecified atom stereocenters. The lowest BCUT2D eigenvalue weighted by Crippen LogP contribution is -2.48. The summed E-state index contributed by atoms with van der Waals surface area (Å²) in [4.78, 5) is 38.2. The molecule has 24 heavy (non-hydrogen) atoms. The SMILES string of the molecule is CC(CC(=O)N1CCN(C=O)CC1)=NNC(=O)c1ccc(I)cc1. The first-order chi connectivity index (χ1) is 11.5. The summed E-state index contributed by atoms with van der Waals surface area (Å²) in [6.45, 7) is 3.86. The quantitative estimate of drug-likeness (QED) is 0.321. The minimum atomic E-state index is -0.308. The number of piperazine rings is 1. The second kappa shape index (κ2) is 8.76. The van der Waals surface area contributed by atoms with Gasteiger partial charge >= 0.3 is 0 Å². The number of carbonyl (C=O) groups is 3. The van der Waals surface area contributed by atoms with Gasteiger partial charge in [0.25, 0.3) is 5.91 Å². The highest BCUT2D eigenvalue weighted by atomic mass is 127. The van der Waals surface area contributed by atoms with Crippen LogP contribution in [0, 0.1) is 3.57 Å². The van der Waals surface area contributed by atoms with Gasteiger partial charge in [0.2, 0.25) is 12.3 Å². The summed E-state index contributed by atoms with van der Waals surface area (Å²) in [5.74, 6) is -0.358. The summed E-state index contributed by atoms with van der Waals surface area (Å²) in [6, 6.07) is 7.13. The first kappa shape index (κ1) is 18.4. The molecular formula is C16H19IN4O3. The molecule has 0 saturated carbocycles. The summed E-state index contributed by atoms with van der Waals surface area (Å²) in [5, 5.41) is 3.99. The van der Waals surface area contributed by atoms with Crippen molar-refractivity contribution >= 4 is 46.5 Å². The summed E-state index contributed by atoms with van der Waals surface area (Å²) in [6.07, 6.45) is 0.947. The van der Waals surface area contributed by atoms with Crippen molar-refractivity contribution in [3.05, 3.63) is 33.4 Å². The molecule has 0 bridgehead atoms. The highest BCUT2D eigenvalue weighted by Crippen LogP contribution is 2.07. The minimum Gasteiger partial charge on any atom is -0.342 e. The Labute approximate surface area is 154 Å². The number of nitrogens with zero attached hydrogens (tertiary/aromatic N) is 3. The number of halogens is 1. The average Bonchev–Trinajstić information content (AvgIpc) is 2.60. The summed E-state index contributed by atoms with van der Waals surface area (Å²) in [7, 11) is 0. The predicted molar refractivity (Wildman–Crippen MR) is 98.6 cm³/mol.